The molecule has 1 aliphatic heterocycles. The van der Waals surface area contributed by atoms with Crippen molar-refractivity contribution < 1.29 is 4.21 Å². The molecular formula is C13H25NOS. The van der Waals surface area contributed by atoms with Gasteiger partial charge < -0.3 is 5.32 Å². The number of hydrogen-bond donors (Lipinski definition) is 1. The molecule has 0 aromatic heterocycles. The zero-order valence-electron chi connectivity index (χ0n) is 10.6. The van der Waals surface area contributed by atoms with Crippen LogP contribution in [0.3, 0.4) is 0 Å². The van der Waals surface area contributed by atoms with Crippen molar-refractivity contribution in [3.63, 3.8) is 0 Å². The van der Waals surface area contributed by atoms with E-state index in [9.17, 15) is 4.21 Å². The van der Waals surface area contributed by atoms with E-state index in [1.807, 2.05) is 0 Å². The van der Waals surface area contributed by atoms with E-state index in [-0.39, 0.29) is 0 Å². The number of fused-ring (bicyclic) bond motifs is 1. The Bertz CT molecular complexity index is 256. The summed E-state index contributed by atoms with van der Waals surface area (Å²) in [5.41, 5.74) is 0. The van der Waals surface area contributed by atoms with Gasteiger partial charge in [-0.3, -0.25) is 4.21 Å². The zero-order chi connectivity index (χ0) is 11.5. The third-order valence-electron chi connectivity index (χ3n) is 4.24. The molecule has 5 unspecified atom stereocenters. The standard InChI is InChI=1S/C13H25NOS/c1-3-5-10-6-7-12-13(8-10)16(15)9-11(4-2)14-12/h10-14H,3-9H2,1-2H3. The van der Waals surface area contributed by atoms with Gasteiger partial charge in [-0.2, -0.15) is 0 Å². The van der Waals surface area contributed by atoms with Crippen LogP contribution in [-0.2, 0) is 10.8 Å². The highest BCUT2D eigenvalue weighted by Gasteiger charge is 2.38. The van der Waals surface area contributed by atoms with E-state index in [1.54, 1.807) is 0 Å². The molecule has 0 aromatic rings. The molecule has 1 saturated carbocycles. The van der Waals surface area contributed by atoms with Crippen LogP contribution < -0.4 is 5.32 Å². The molecule has 1 N–H and O–H groups in total. The molecular weight excluding hydrogens is 218 g/mol. The summed E-state index contributed by atoms with van der Waals surface area (Å²) in [5, 5.41) is 4.16. The second-order valence-corrected chi connectivity index (χ2v) is 7.13. The van der Waals surface area contributed by atoms with Crippen LogP contribution in [0.4, 0.5) is 0 Å². The van der Waals surface area contributed by atoms with Gasteiger partial charge in [-0.1, -0.05) is 26.7 Å². The molecule has 2 aliphatic rings. The maximum Gasteiger partial charge on any atom is 0.0504 e. The first-order valence-electron chi connectivity index (χ1n) is 6.87. The Morgan fingerprint density at radius 2 is 2.12 bits per heavy atom. The molecule has 1 aliphatic carbocycles. The lowest BCUT2D eigenvalue weighted by atomic mass is 9.82. The first kappa shape index (κ1) is 12.6. The summed E-state index contributed by atoms with van der Waals surface area (Å²) >= 11 is 0. The minimum atomic E-state index is -0.573. The summed E-state index contributed by atoms with van der Waals surface area (Å²) in [4.78, 5) is 0. The van der Waals surface area contributed by atoms with Crippen molar-refractivity contribution in [2.75, 3.05) is 5.75 Å². The van der Waals surface area contributed by atoms with Crippen LogP contribution in [0.2, 0.25) is 0 Å². The maximum absolute atomic E-state index is 12.2. The van der Waals surface area contributed by atoms with Crippen molar-refractivity contribution >= 4 is 10.8 Å². The lowest BCUT2D eigenvalue weighted by molar-refractivity contribution is 0.261. The van der Waals surface area contributed by atoms with Crippen LogP contribution >= 0.6 is 0 Å². The monoisotopic (exact) mass is 243 g/mol. The van der Waals surface area contributed by atoms with Crippen molar-refractivity contribution in [2.24, 2.45) is 5.92 Å². The summed E-state index contributed by atoms with van der Waals surface area (Å²) in [5.74, 6) is 1.73. The van der Waals surface area contributed by atoms with Gasteiger partial charge in [0.05, 0.1) is 5.25 Å². The molecule has 0 amide bonds. The number of rotatable bonds is 3. The molecule has 2 nitrogen and oxygen atoms in total. The largest absolute Gasteiger partial charge is 0.309 e. The van der Waals surface area contributed by atoms with Crippen molar-refractivity contribution in [3.05, 3.63) is 0 Å². The second-order valence-electron chi connectivity index (χ2n) is 5.43. The molecule has 0 bridgehead atoms. The van der Waals surface area contributed by atoms with E-state index in [2.05, 4.69) is 19.2 Å². The van der Waals surface area contributed by atoms with Crippen molar-refractivity contribution in [2.45, 2.75) is 69.7 Å². The highest BCUT2D eigenvalue weighted by Crippen LogP contribution is 2.33. The molecule has 2 rings (SSSR count). The van der Waals surface area contributed by atoms with Gasteiger partial charge in [0.1, 0.15) is 0 Å². The zero-order valence-corrected chi connectivity index (χ0v) is 11.4. The lowest BCUT2D eigenvalue weighted by Gasteiger charge is -2.42. The van der Waals surface area contributed by atoms with Crippen molar-refractivity contribution in [1.82, 2.24) is 5.32 Å². The molecule has 0 aromatic carbocycles. The molecule has 1 saturated heterocycles. The van der Waals surface area contributed by atoms with Crippen molar-refractivity contribution in [1.29, 1.82) is 0 Å². The van der Waals surface area contributed by atoms with Crippen LogP contribution in [-0.4, -0.2) is 27.3 Å². The predicted octanol–water partition coefficient (Wildman–Crippen LogP) is 2.45. The molecule has 5 atom stereocenters. The van der Waals surface area contributed by atoms with Gasteiger partial charge >= 0.3 is 0 Å². The van der Waals surface area contributed by atoms with E-state index < -0.39 is 10.8 Å². The second kappa shape index (κ2) is 5.63. The normalized spacial score (nSPS) is 44.0. The van der Waals surface area contributed by atoms with Crippen LogP contribution in [0.15, 0.2) is 0 Å². The fraction of sp³-hybridized carbons (Fsp3) is 1.00. The Kier molecular flexibility index (Phi) is 4.42. The van der Waals surface area contributed by atoms with Gasteiger partial charge in [0.15, 0.2) is 0 Å². The average Bonchev–Trinajstić information content (AvgIpc) is 2.30. The first-order valence-corrected chi connectivity index (χ1v) is 8.26. The van der Waals surface area contributed by atoms with Gasteiger partial charge in [-0.05, 0) is 31.6 Å². The molecule has 2 fully saturated rings. The lowest BCUT2D eigenvalue weighted by Crippen LogP contribution is -2.57. The molecule has 0 spiro atoms. The minimum Gasteiger partial charge on any atom is -0.309 e. The highest BCUT2D eigenvalue weighted by atomic mass is 32.2. The Morgan fingerprint density at radius 1 is 1.31 bits per heavy atom. The van der Waals surface area contributed by atoms with Gasteiger partial charge in [0, 0.05) is 28.6 Å². The third-order valence-corrected chi connectivity index (χ3v) is 6.17. The van der Waals surface area contributed by atoms with E-state index in [0.717, 1.165) is 18.1 Å². The molecule has 16 heavy (non-hydrogen) atoms. The van der Waals surface area contributed by atoms with Gasteiger partial charge in [0.2, 0.25) is 0 Å². The Morgan fingerprint density at radius 3 is 2.81 bits per heavy atom. The SMILES string of the molecule is CCCC1CCC2NC(CC)CS(=O)C2C1. The van der Waals surface area contributed by atoms with Crippen LogP contribution in [0, 0.1) is 5.92 Å². The summed E-state index contributed by atoms with van der Waals surface area (Å²) in [6, 6.07) is 1.05. The summed E-state index contributed by atoms with van der Waals surface area (Å²) in [6.07, 6.45) is 7.52. The minimum absolute atomic E-state index is 0.452. The van der Waals surface area contributed by atoms with Crippen LogP contribution in [0.25, 0.3) is 0 Å². The smallest absolute Gasteiger partial charge is 0.0504 e. The van der Waals surface area contributed by atoms with Crippen LogP contribution in [0.1, 0.15) is 52.4 Å². The van der Waals surface area contributed by atoms with Crippen molar-refractivity contribution in [3.8, 4) is 0 Å². The fourth-order valence-corrected chi connectivity index (χ4v) is 5.32. The fourth-order valence-electron chi connectivity index (χ4n) is 3.27. The maximum atomic E-state index is 12.2. The van der Waals surface area contributed by atoms with Gasteiger partial charge in [0.25, 0.3) is 0 Å². The van der Waals surface area contributed by atoms with E-state index >= 15 is 0 Å². The van der Waals surface area contributed by atoms with Gasteiger partial charge in [-0.15, -0.1) is 0 Å². The van der Waals surface area contributed by atoms with Crippen LogP contribution in [0.5, 0.6) is 0 Å². The number of hydrogen-bond acceptors (Lipinski definition) is 2. The summed E-state index contributed by atoms with van der Waals surface area (Å²) < 4.78 is 12.2. The van der Waals surface area contributed by atoms with E-state index in [1.165, 1.54) is 32.1 Å². The molecule has 0 radical (unpaired) electrons. The summed E-state index contributed by atoms with van der Waals surface area (Å²) in [6.45, 7) is 4.45. The van der Waals surface area contributed by atoms with E-state index in [0.29, 0.717) is 17.3 Å². The first-order chi connectivity index (χ1) is 7.74. The summed E-state index contributed by atoms with van der Waals surface area (Å²) in [7, 11) is -0.573. The predicted molar refractivity (Wildman–Crippen MR) is 70.0 cm³/mol. The van der Waals surface area contributed by atoms with Gasteiger partial charge in [-0.25, -0.2) is 0 Å². The number of nitrogens with one attached hydrogen (secondary N) is 1. The average molecular weight is 243 g/mol. The molecule has 3 heteroatoms. The molecule has 94 valence electrons. The molecule has 1 heterocycles. The third kappa shape index (κ3) is 2.67. The highest BCUT2D eigenvalue weighted by molar-refractivity contribution is 7.85. The Hall–Kier alpha value is 0.110. The Labute approximate surface area is 102 Å². The topological polar surface area (TPSA) is 29.1 Å². The quantitative estimate of drug-likeness (QED) is 0.825. The Balaban J connectivity index is 1.95. The van der Waals surface area contributed by atoms with E-state index in [4.69, 9.17) is 0 Å².